The summed E-state index contributed by atoms with van der Waals surface area (Å²) in [6, 6.07) is -0.496. The van der Waals surface area contributed by atoms with E-state index in [0.29, 0.717) is 0 Å². The summed E-state index contributed by atoms with van der Waals surface area (Å²) in [6.07, 6.45) is 1.77. The molecular formula is C14H27BN2O4. The van der Waals surface area contributed by atoms with E-state index >= 15 is 0 Å². The third-order valence-electron chi connectivity index (χ3n) is 4.01. The largest absolute Gasteiger partial charge is 0.513 e. The third-order valence-corrected chi connectivity index (χ3v) is 4.01. The van der Waals surface area contributed by atoms with Crippen molar-refractivity contribution in [1.29, 1.82) is 0 Å². The van der Waals surface area contributed by atoms with Crippen molar-refractivity contribution in [3.8, 4) is 0 Å². The van der Waals surface area contributed by atoms with Gasteiger partial charge in [-0.05, 0) is 33.8 Å². The van der Waals surface area contributed by atoms with Crippen LogP contribution in [0.2, 0.25) is 0 Å². The number of carbonyl (C=O) groups is 1. The molecule has 2 aliphatic heterocycles. The topological polar surface area (TPSA) is 60.0 Å². The van der Waals surface area contributed by atoms with Gasteiger partial charge in [-0.3, -0.25) is 0 Å². The zero-order valence-corrected chi connectivity index (χ0v) is 14.3. The first-order valence-corrected chi connectivity index (χ1v) is 7.33. The Morgan fingerprint density at radius 1 is 1.29 bits per heavy atom. The van der Waals surface area contributed by atoms with Crippen molar-refractivity contribution in [2.24, 2.45) is 0 Å². The van der Waals surface area contributed by atoms with E-state index in [1.165, 1.54) is 7.11 Å². The minimum atomic E-state index is -0.496. The number of nitrogens with zero attached hydrogens (tertiary/aromatic N) is 1. The molecule has 6 nitrogen and oxygen atoms in total. The van der Waals surface area contributed by atoms with Crippen LogP contribution in [0.3, 0.4) is 0 Å². The first-order chi connectivity index (χ1) is 9.68. The van der Waals surface area contributed by atoms with Crippen molar-refractivity contribution in [2.45, 2.75) is 58.8 Å². The first kappa shape index (κ1) is 18.0. The summed E-state index contributed by atoms with van der Waals surface area (Å²) < 4.78 is 16.6. The van der Waals surface area contributed by atoms with E-state index in [0.717, 1.165) is 5.60 Å². The molecule has 0 spiro atoms. The second-order valence-corrected chi connectivity index (χ2v) is 5.87. The molecule has 0 aromatic rings. The first-order valence-electron chi connectivity index (χ1n) is 7.33. The van der Waals surface area contributed by atoms with Gasteiger partial charge in [-0.15, -0.1) is 0 Å². The molecule has 0 saturated carbocycles. The van der Waals surface area contributed by atoms with Crippen molar-refractivity contribution in [2.75, 3.05) is 14.2 Å². The molecular weight excluding hydrogens is 271 g/mol. The molecule has 2 heterocycles. The Labute approximate surface area is 127 Å². The number of methoxy groups -OCH3 is 1. The van der Waals surface area contributed by atoms with Crippen LogP contribution in [0.4, 0.5) is 0 Å². The van der Waals surface area contributed by atoms with Gasteiger partial charge < -0.3 is 19.1 Å². The molecule has 7 heteroatoms. The fourth-order valence-corrected chi connectivity index (χ4v) is 2.05. The molecule has 120 valence electrons. The molecule has 21 heavy (non-hydrogen) atoms. The fourth-order valence-electron chi connectivity index (χ4n) is 2.05. The van der Waals surface area contributed by atoms with Gasteiger partial charge >= 0.3 is 13.1 Å². The van der Waals surface area contributed by atoms with Crippen LogP contribution in [-0.4, -0.2) is 49.5 Å². The van der Waals surface area contributed by atoms with Gasteiger partial charge in [0.1, 0.15) is 6.04 Å². The monoisotopic (exact) mass is 298 g/mol. The van der Waals surface area contributed by atoms with E-state index in [1.54, 1.807) is 11.1 Å². The molecule has 0 bridgehead atoms. The van der Waals surface area contributed by atoms with Gasteiger partial charge in [0.25, 0.3) is 0 Å². The standard InChI is InChI=1S/C12H21BN2O4.C2H6/c1-11(2)12(3,4)19-13(18-11)9-7-8(10(16)17-6)14-15(9)5;1-2/h7-8,14H,1-6H3;1-2H3. The Bertz CT molecular complexity index is 407. The van der Waals surface area contributed by atoms with Crippen molar-refractivity contribution >= 4 is 13.1 Å². The molecule has 0 aromatic carbocycles. The molecule has 1 unspecified atom stereocenters. The van der Waals surface area contributed by atoms with Crippen molar-refractivity contribution < 1.29 is 18.8 Å². The number of ether oxygens (including phenoxy) is 1. The zero-order chi connectivity index (χ0) is 16.4. The summed E-state index contributed by atoms with van der Waals surface area (Å²) in [5, 5.41) is 1.74. The van der Waals surface area contributed by atoms with Gasteiger partial charge in [0.15, 0.2) is 0 Å². The smallest absolute Gasteiger partial charge is 0.468 e. The van der Waals surface area contributed by atoms with Crippen LogP contribution in [-0.2, 0) is 18.8 Å². The predicted molar refractivity (Wildman–Crippen MR) is 82.2 cm³/mol. The lowest BCUT2D eigenvalue weighted by molar-refractivity contribution is -0.142. The van der Waals surface area contributed by atoms with E-state index in [2.05, 4.69) is 5.43 Å². The maximum Gasteiger partial charge on any atom is 0.513 e. The Balaban J connectivity index is 0.00000106. The van der Waals surface area contributed by atoms with Gasteiger partial charge in [-0.1, -0.05) is 13.8 Å². The molecule has 1 fully saturated rings. The van der Waals surface area contributed by atoms with Crippen molar-refractivity contribution in [3.63, 3.8) is 0 Å². The van der Waals surface area contributed by atoms with Crippen molar-refractivity contribution in [3.05, 3.63) is 11.7 Å². The highest BCUT2D eigenvalue weighted by molar-refractivity contribution is 6.54. The number of hydrogen-bond acceptors (Lipinski definition) is 6. The SMILES string of the molecule is CC.COC(=O)C1C=C(B2OC(C)(C)C(C)(C)O2)N(C)N1. The molecule has 1 saturated heterocycles. The van der Waals surface area contributed by atoms with Crippen LogP contribution in [0.15, 0.2) is 11.7 Å². The predicted octanol–water partition coefficient (Wildman–Crippen LogP) is 1.52. The minimum Gasteiger partial charge on any atom is -0.468 e. The van der Waals surface area contributed by atoms with Crippen LogP contribution < -0.4 is 5.43 Å². The maximum atomic E-state index is 11.5. The lowest BCUT2D eigenvalue weighted by Gasteiger charge is -2.32. The van der Waals surface area contributed by atoms with E-state index in [4.69, 9.17) is 14.0 Å². The van der Waals surface area contributed by atoms with Gasteiger partial charge in [0.2, 0.25) is 0 Å². The van der Waals surface area contributed by atoms with Gasteiger partial charge in [0, 0.05) is 7.05 Å². The highest BCUT2D eigenvalue weighted by Crippen LogP contribution is 2.39. The summed E-state index contributed by atoms with van der Waals surface area (Å²) in [5.74, 6) is -0.335. The Hall–Kier alpha value is -1.05. The Kier molecular flexibility index (Phi) is 5.47. The zero-order valence-electron chi connectivity index (χ0n) is 14.3. The van der Waals surface area contributed by atoms with Crippen LogP contribution in [0, 0.1) is 0 Å². The van der Waals surface area contributed by atoms with Gasteiger partial charge in [0.05, 0.1) is 23.9 Å². The second kappa shape index (κ2) is 6.38. The molecule has 0 radical (unpaired) electrons. The lowest BCUT2D eigenvalue weighted by atomic mass is 9.83. The molecule has 2 aliphatic rings. The number of hydrogen-bond donors (Lipinski definition) is 1. The molecule has 0 amide bonds. The summed E-state index contributed by atoms with van der Waals surface area (Å²) in [4.78, 5) is 11.5. The number of esters is 1. The second-order valence-electron chi connectivity index (χ2n) is 5.87. The number of carbonyl (C=O) groups excluding carboxylic acids is 1. The highest BCUT2D eigenvalue weighted by Gasteiger charge is 2.54. The van der Waals surface area contributed by atoms with Gasteiger partial charge in [-0.2, -0.15) is 0 Å². The molecule has 1 N–H and O–H groups in total. The van der Waals surface area contributed by atoms with Crippen LogP contribution >= 0.6 is 0 Å². The molecule has 0 aromatic heterocycles. The van der Waals surface area contributed by atoms with Crippen molar-refractivity contribution in [1.82, 2.24) is 10.4 Å². The van der Waals surface area contributed by atoms with E-state index in [-0.39, 0.29) is 5.97 Å². The van der Waals surface area contributed by atoms with Crippen LogP contribution in [0.5, 0.6) is 0 Å². The summed E-state index contributed by atoms with van der Waals surface area (Å²) >= 11 is 0. The highest BCUT2D eigenvalue weighted by atomic mass is 16.7. The maximum absolute atomic E-state index is 11.5. The molecule has 2 rings (SSSR count). The lowest BCUT2D eigenvalue weighted by Crippen LogP contribution is -2.41. The fraction of sp³-hybridized carbons (Fsp3) is 0.786. The number of rotatable bonds is 2. The Morgan fingerprint density at radius 2 is 1.76 bits per heavy atom. The average molecular weight is 298 g/mol. The summed E-state index contributed by atoms with van der Waals surface area (Å²) in [5.41, 5.74) is 2.98. The number of nitrogens with one attached hydrogen (secondary N) is 1. The third kappa shape index (κ3) is 3.41. The van der Waals surface area contributed by atoms with Gasteiger partial charge in [-0.25, -0.2) is 10.2 Å². The van der Waals surface area contributed by atoms with Crippen LogP contribution in [0.25, 0.3) is 0 Å². The summed E-state index contributed by atoms with van der Waals surface area (Å²) in [7, 11) is 2.70. The average Bonchev–Trinajstić information content (AvgIpc) is 2.89. The van der Waals surface area contributed by atoms with Crippen LogP contribution in [0.1, 0.15) is 41.5 Å². The van der Waals surface area contributed by atoms with E-state index in [9.17, 15) is 4.79 Å². The molecule has 1 atom stereocenters. The summed E-state index contributed by atoms with van der Waals surface area (Å²) in [6.45, 7) is 12.0. The molecule has 0 aliphatic carbocycles. The minimum absolute atomic E-state index is 0.335. The quantitative estimate of drug-likeness (QED) is 0.616. The van der Waals surface area contributed by atoms with E-state index < -0.39 is 24.4 Å². The van der Waals surface area contributed by atoms with E-state index in [1.807, 2.05) is 48.6 Å². The normalized spacial score (nSPS) is 26.1. The number of hydrazine groups is 1. The Morgan fingerprint density at radius 3 is 2.19 bits per heavy atom.